The zero-order valence-corrected chi connectivity index (χ0v) is 14.4. The molecule has 0 heterocycles. The molecule has 0 nitrogen and oxygen atoms in total. The third-order valence-electron chi connectivity index (χ3n) is 4.04. The summed E-state index contributed by atoms with van der Waals surface area (Å²) in [4.78, 5) is 0. The van der Waals surface area contributed by atoms with E-state index >= 15 is 0 Å². The first kappa shape index (κ1) is 17.1. The molecular weight excluding hydrogens is 312 g/mol. The number of allylic oxidation sites excluding steroid dienone is 2. The molecule has 3 aromatic carbocycles. The first-order chi connectivity index (χ1) is 12.8. The van der Waals surface area contributed by atoms with Gasteiger partial charge in [-0.2, -0.15) is 0 Å². The molecule has 26 heavy (non-hydrogen) atoms. The first-order valence-corrected chi connectivity index (χ1v) is 8.37. The van der Waals surface area contributed by atoms with Gasteiger partial charge in [0, 0.05) is 11.1 Å². The minimum Gasteiger partial charge on any atom is -0.115 e. The van der Waals surface area contributed by atoms with Crippen LogP contribution in [0.3, 0.4) is 0 Å². The van der Waals surface area contributed by atoms with Gasteiger partial charge in [0.1, 0.15) is 0 Å². The quantitative estimate of drug-likeness (QED) is 0.404. The summed E-state index contributed by atoms with van der Waals surface area (Å²) in [6.45, 7) is 0. The summed E-state index contributed by atoms with van der Waals surface area (Å²) in [6.07, 6.45) is 15.5. The summed E-state index contributed by atoms with van der Waals surface area (Å²) in [5.74, 6) is 5.55. The number of hydrogen-bond donors (Lipinski definition) is 0. The zero-order valence-electron chi connectivity index (χ0n) is 14.4. The molecule has 0 atom stereocenters. The SMILES string of the molecule is C#CC(=Cc1ccccc1)c1ccc(C(C#C)=Cc2ccccc2)cc1. The smallest absolute Gasteiger partial charge is 0.0320 e. The highest BCUT2D eigenvalue weighted by Crippen LogP contribution is 2.22. The lowest BCUT2D eigenvalue weighted by Gasteiger charge is -2.05. The Hall–Kier alpha value is -3.74. The molecule has 122 valence electrons. The van der Waals surface area contributed by atoms with E-state index < -0.39 is 0 Å². The van der Waals surface area contributed by atoms with Gasteiger partial charge in [0.05, 0.1) is 0 Å². The molecule has 0 aliphatic heterocycles. The van der Waals surface area contributed by atoms with Crippen LogP contribution in [0.1, 0.15) is 22.3 Å². The molecule has 0 spiro atoms. The molecule has 0 unspecified atom stereocenters. The number of benzene rings is 3. The molecule has 3 aromatic rings. The van der Waals surface area contributed by atoms with Gasteiger partial charge in [0.15, 0.2) is 0 Å². The second kappa shape index (κ2) is 8.39. The van der Waals surface area contributed by atoms with Crippen molar-refractivity contribution < 1.29 is 0 Å². The van der Waals surface area contributed by atoms with E-state index in [0.717, 1.165) is 33.4 Å². The van der Waals surface area contributed by atoms with E-state index in [-0.39, 0.29) is 0 Å². The van der Waals surface area contributed by atoms with Crippen molar-refractivity contribution >= 4 is 23.3 Å². The third kappa shape index (κ3) is 4.21. The second-order valence-corrected chi connectivity index (χ2v) is 5.80. The summed E-state index contributed by atoms with van der Waals surface area (Å²) < 4.78 is 0. The average Bonchev–Trinajstić information content (AvgIpc) is 2.72. The van der Waals surface area contributed by atoms with Crippen LogP contribution < -0.4 is 0 Å². The molecule has 0 N–H and O–H groups in total. The highest BCUT2D eigenvalue weighted by Gasteiger charge is 2.03. The molecule has 0 bridgehead atoms. The van der Waals surface area contributed by atoms with Crippen LogP contribution in [-0.4, -0.2) is 0 Å². The fourth-order valence-electron chi connectivity index (χ4n) is 2.68. The largest absolute Gasteiger partial charge is 0.115 e. The minimum absolute atomic E-state index is 0.844. The van der Waals surface area contributed by atoms with Gasteiger partial charge in [0.2, 0.25) is 0 Å². The molecule has 0 aromatic heterocycles. The maximum Gasteiger partial charge on any atom is 0.0320 e. The molecule has 0 saturated carbocycles. The molecule has 0 heteroatoms. The summed E-state index contributed by atoms with van der Waals surface area (Å²) in [7, 11) is 0. The number of rotatable bonds is 4. The van der Waals surface area contributed by atoms with E-state index in [1.165, 1.54) is 0 Å². The predicted octanol–water partition coefficient (Wildman–Crippen LogP) is 6.03. The molecule has 0 aliphatic carbocycles. The van der Waals surface area contributed by atoms with Crippen molar-refractivity contribution in [1.82, 2.24) is 0 Å². The third-order valence-corrected chi connectivity index (χ3v) is 4.04. The van der Waals surface area contributed by atoms with Crippen LogP contribution in [0.4, 0.5) is 0 Å². The van der Waals surface area contributed by atoms with Gasteiger partial charge in [-0.15, -0.1) is 12.8 Å². The first-order valence-electron chi connectivity index (χ1n) is 8.37. The summed E-state index contributed by atoms with van der Waals surface area (Å²) in [6, 6.07) is 28.1. The average molecular weight is 330 g/mol. The Morgan fingerprint density at radius 3 is 1.19 bits per heavy atom. The highest BCUT2D eigenvalue weighted by molar-refractivity contribution is 5.93. The lowest BCUT2D eigenvalue weighted by molar-refractivity contribution is 1.58. The monoisotopic (exact) mass is 330 g/mol. The van der Waals surface area contributed by atoms with Gasteiger partial charge >= 0.3 is 0 Å². The Morgan fingerprint density at radius 1 is 0.538 bits per heavy atom. The van der Waals surface area contributed by atoms with E-state index in [9.17, 15) is 0 Å². The van der Waals surface area contributed by atoms with Gasteiger partial charge in [-0.3, -0.25) is 0 Å². The van der Waals surface area contributed by atoms with Crippen LogP contribution >= 0.6 is 0 Å². The summed E-state index contributed by atoms with van der Waals surface area (Å²) >= 11 is 0. The molecule has 0 amide bonds. The lowest BCUT2D eigenvalue weighted by atomic mass is 9.98. The Bertz CT molecular complexity index is 917. The Balaban J connectivity index is 1.90. The van der Waals surface area contributed by atoms with Crippen molar-refractivity contribution in [1.29, 1.82) is 0 Å². The Morgan fingerprint density at radius 2 is 0.885 bits per heavy atom. The van der Waals surface area contributed by atoms with Gasteiger partial charge in [-0.1, -0.05) is 96.8 Å². The predicted molar refractivity (Wildman–Crippen MR) is 113 cm³/mol. The van der Waals surface area contributed by atoms with Gasteiger partial charge in [0.25, 0.3) is 0 Å². The maximum atomic E-state index is 5.72. The molecule has 3 rings (SSSR count). The lowest BCUT2D eigenvalue weighted by Crippen LogP contribution is -1.86. The normalized spacial score (nSPS) is 11.5. The maximum absolute atomic E-state index is 5.72. The fraction of sp³-hybridized carbons (Fsp3) is 0. The van der Waals surface area contributed by atoms with Crippen LogP contribution in [-0.2, 0) is 0 Å². The van der Waals surface area contributed by atoms with Crippen molar-refractivity contribution in [2.24, 2.45) is 0 Å². The molecule has 0 radical (unpaired) electrons. The minimum atomic E-state index is 0.844. The topological polar surface area (TPSA) is 0 Å². The van der Waals surface area contributed by atoms with Gasteiger partial charge < -0.3 is 0 Å². The van der Waals surface area contributed by atoms with E-state index in [1.807, 2.05) is 97.1 Å². The zero-order chi connectivity index (χ0) is 18.2. The molecular formula is C26H18. The highest BCUT2D eigenvalue weighted by atomic mass is 14.1. The standard InChI is InChI=1S/C26H18/c1-3-23(19-21-11-7-5-8-12-21)25-15-17-26(18-16-25)24(4-2)20-22-13-9-6-10-14-22/h1-2,5-20H. The van der Waals surface area contributed by atoms with Crippen molar-refractivity contribution in [3.8, 4) is 24.7 Å². The van der Waals surface area contributed by atoms with E-state index in [1.54, 1.807) is 0 Å². The molecule has 0 saturated heterocycles. The van der Waals surface area contributed by atoms with Gasteiger partial charge in [-0.25, -0.2) is 0 Å². The van der Waals surface area contributed by atoms with E-state index in [2.05, 4.69) is 11.8 Å². The van der Waals surface area contributed by atoms with Crippen LogP contribution in [0.25, 0.3) is 23.3 Å². The van der Waals surface area contributed by atoms with E-state index in [0.29, 0.717) is 0 Å². The van der Waals surface area contributed by atoms with Crippen LogP contribution in [0.2, 0.25) is 0 Å². The van der Waals surface area contributed by atoms with Crippen LogP contribution in [0.5, 0.6) is 0 Å². The van der Waals surface area contributed by atoms with Crippen molar-refractivity contribution in [2.45, 2.75) is 0 Å². The Kier molecular flexibility index (Phi) is 5.51. The van der Waals surface area contributed by atoms with Crippen molar-refractivity contribution in [3.63, 3.8) is 0 Å². The van der Waals surface area contributed by atoms with Crippen LogP contribution in [0, 0.1) is 24.7 Å². The van der Waals surface area contributed by atoms with Crippen molar-refractivity contribution in [2.75, 3.05) is 0 Å². The second-order valence-electron chi connectivity index (χ2n) is 5.80. The van der Waals surface area contributed by atoms with Crippen molar-refractivity contribution in [3.05, 3.63) is 107 Å². The fourth-order valence-corrected chi connectivity index (χ4v) is 2.68. The van der Waals surface area contributed by atoms with Gasteiger partial charge in [-0.05, 0) is 34.4 Å². The van der Waals surface area contributed by atoms with E-state index in [4.69, 9.17) is 12.8 Å². The summed E-state index contributed by atoms with van der Waals surface area (Å²) in [5, 5.41) is 0. The number of hydrogen-bond acceptors (Lipinski definition) is 0. The van der Waals surface area contributed by atoms with Crippen LogP contribution in [0.15, 0.2) is 84.9 Å². The molecule has 0 fully saturated rings. The Labute approximate surface area is 155 Å². The summed E-state index contributed by atoms with van der Waals surface area (Å²) in [5.41, 5.74) is 5.84. The molecule has 0 aliphatic rings. The number of terminal acetylenes is 2.